The van der Waals surface area contributed by atoms with Gasteiger partial charge in [-0.15, -0.1) is 0 Å². The average molecular weight is 231 g/mol. The van der Waals surface area contributed by atoms with E-state index >= 15 is 0 Å². The molecule has 2 heterocycles. The Morgan fingerprint density at radius 3 is 2.94 bits per heavy atom. The minimum atomic E-state index is -0.626. The van der Waals surface area contributed by atoms with Crippen LogP contribution in [0.4, 0.5) is 5.69 Å². The molecule has 1 aromatic rings. The third-order valence-corrected chi connectivity index (χ3v) is 4.11. The van der Waals surface area contributed by atoms with E-state index in [4.69, 9.17) is 0 Å². The lowest BCUT2D eigenvalue weighted by Gasteiger charge is -2.45. The Morgan fingerprint density at radius 1 is 1.29 bits per heavy atom. The smallest absolute Gasteiger partial charge is 0.308 e. The monoisotopic (exact) mass is 231 g/mol. The summed E-state index contributed by atoms with van der Waals surface area (Å²) in [5.41, 5.74) is 2.63. The molecule has 0 bridgehead atoms. The van der Waals surface area contributed by atoms with Gasteiger partial charge in [-0.05, 0) is 37.3 Å². The number of hydrogen-bond donors (Lipinski definition) is 1. The average Bonchev–Trinajstić information content (AvgIpc) is 2.37. The summed E-state index contributed by atoms with van der Waals surface area (Å²) >= 11 is 0. The van der Waals surface area contributed by atoms with Crippen molar-refractivity contribution in [3.05, 3.63) is 29.8 Å². The summed E-state index contributed by atoms with van der Waals surface area (Å²) in [6.45, 7) is 1.01. The number of benzene rings is 1. The quantitative estimate of drug-likeness (QED) is 0.806. The molecule has 0 radical (unpaired) electrons. The number of rotatable bonds is 1. The Morgan fingerprint density at radius 2 is 2.12 bits per heavy atom. The molecule has 3 rings (SSSR count). The molecule has 17 heavy (non-hydrogen) atoms. The molecule has 90 valence electrons. The molecule has 2 aliphatic rings. The van der Waals surface area contributed by atoms with Crippen LogP contribution in [0.15, 0.2) is 24.3 Å². The van der Waals surface area contributed by atoms with E-state index in [1.807, 2.05) is 6.07 Å². The van der Waals surface area contributed by atoms with E-state index in [2.05, 4.69) is 23.1 Å². The maximum atomic E-state index is 11.3. The zero-order valence-electron chi connectivity index (χ0n) is 9.80. The van der Waals surface area contributed by atoms with Crippen molar-refractivity contribution in [2.24, 2.45) is 5.92 Å². The van der Waals surface area contributed by atoms with Gasteiger partial charge in [0, 0.05) is 18.3 Å². The highest BCUT2D eigenvalue weighted by Crippen LogP contribution is 2.37. The molecule has 1 saturated heterocycles. The molecule has 0 saturated carbocycles. The van der Waals surface area contributed by atoms with Crippen LogP contribution >= 0.6 is 0 Å². The third-order valence-electron chi connectivity index (χ3n) is 4.11. The van der Waals surface area contributed by atoms with E-state index in [-0.39, 0.29) is 12.0 Å². The van der Waals surface area contributed by atoms with Gasteiger partial charge in [-0.1, -0.05) is 18.2 Å². The predicted molar refractivity (Wildman–Crippen MR) is 66.3 cm³/mol. The number of anilines is 1. The van der Waals surface area contributed by atoms with Crippen molar-refractivity contribution in [1.29, 1.82) is 0 Å². The fraction of sp³-hybridized carbons (Fsp3) is 0.500. The molecular formula is C14H17NO2. The number of carbonyl (C=O) groups is 1. The first-order chi connectivity index (χ1) is 8.27. The Balaban J connectivity index is 1.96. The van der Waals surface area contributed by atoms with E-state index in [0.717, 1.165) is 32.2 Å². The van der Waals surface area contributed by atoms with Gasteiger partial charge in [0.25, 0.3) is 0 Å². The minimum Gasteiger partial charge on any atom is -0.481 e. The minimum absolute atomic E-state index is 0.183. The molecule has 2 unspecified atom stereocenters. The molecule has 3 heteroatoms. The van der Waals surface area contributed by atoms with Crippen LogP contribution in [0.1, 0.15) is 24.8 Å². The Kier molecular flexibility index (Phi) is 2.54. The van der Waals surface area contributed by atoms with Gasteiger partial charge in [-0.25, -0.2) is 0 Å². The number of para-hydroxylation sites is 1. The number of aliphatic carboxylic acids is 1. The maximum absolute atomic E-state index is 11.3. The van der Waals surface area contributed by atoms with Gasteiger partial charge in [-0.2, -0.15) is 0 Å². The number of hydrogen-bond acceptors (Lipinski definition) is 2. The molecule has 0 aliphatic carbocycles. The van der Waals surface area contributed by atoms with Gasteiger partial charge in [0.2, 0.25) is 0 Å². The number of nitrogens with zero attached hydrogens (tertiary/aromatic N) is 1. The molecule has 1 N–H and O–H groups in total. The van der Waals surface area contributed by atoms with Crippen molar-refractivity contribution in [3.8, 4) is 0 Å². The Bertz CT molecular complexity index is 444. The predicted octanol–water partition coefficient (Wildman–Crippen LogP) is 2.30. The summed E-state index contributed by atoms with van der Waals surface area (Å²) in [7, 11) is 0. The fourth-order valence-electron chi connectivity index (χ4n) is 3.31. The van der Waals surface area contributed by atoms with E-state index in [1.165, 1.54) is 11.3 Å². The van der Waals surface area contributed by atoms with Gasteiger partial charge in [0.05, 0.1) is 5.92 Å². The molecule has 1 aromatic carbocycles. The van der Waals surface area contributed by atoms with Crippen LogP contribution in [0.3, 0.4) is 0 Å². The van der Waals surface area contributed by atoms with E-state index in [9.17, 15) is 9.90 Å². The SMILES string of the molecule is O=C(O)C1CCCN2c3ccccc3CCC12. The normalized spacial score (nSPS) is 27.2. The van der Waals surface area contributed by atoms with Crippen molar-refractivity contribution in [2.75, 3.05) is 11.4 Å². The van der Waals surface area contributed by atoms with Crippen LogP contribution < -0.4 is 4.90 Å². The second-order valence-electron chi connectivity index (χ2n) is 5.02. The highest BCUT2D eigenvalue weighted by molar-refractivity contribution is 5.73. The highest BCUT2D eigenvalue weighted by atomic mass is 16.4. The molecule has 0 spiro atoms. The lowest BCUT2D eigenvalue weighted by molar-refractivity contribution is -0.143. The van der Waals surface area contributed by atoms with Crippen LogP contribution in [-0.2, 0) is 11.2 Å². The summed E-state index contributed by atoms with van der Waals surface area (Å²) in [5, 5.41) is 9.30. The van der Waals surface area contributed by atoms with Crippen molar-refractivity contribution in [2.45, 2.75) is 31.7 Å². The second kappa shape index (κ2) is 4.06. The largest absolute Gasteiger partial charge is 0.481 e. The molecule has 2 aliphatic heterocycles. The van der Waals surface area contributed by atoms with Gasteiger partial charge in [0.15, 0.2) is 0 Å². The first-order valence-electron chi connectivity index (χ1n) is 6.35. The molecule has 0 aromatic heterocycles. The van der Waals surface area contributed by atoms with Crippen LogP contribution in [0, 0.1) is 5.92 Å². The first kappa shape index (κ1) is 10.6. The van der Waals surface area contributed by atoms with Crippen LogP contribution in [0.5, 0.6) is 0 Å². The Labute approximate surface area is 101 Å². The van der Waals surface area contributed by atoms with E-state index in [1.54, 1.807) is 0 Å². The highest BCUT2D eigenvalue weighted by Gasteiger charge is 2.38. The number of fused-ring (bicyclic) bond motifs is 3. The molecule has 0 amide bonds. The summed E-state index contributed by atoms with van der Waals surface area (Å²) < 4.78 is 0. The van der Waals surface area contributed by atoms with Crippen molar-refractivity contribution < 1.29 is 9.90 Å². The Hall–Kier alpha value is -1.51. The van der Waals surface area contributed by atoms with Gasteiger partial charge < -0.3 is 10.0 Å². The zero-order valence-corrected chi connectivity index (χ0v) is 9.80. The number of carboxylic acid groups (broad SMARTS) is 1. The van der Waals surface area contributed by atoms with Crippen molar-refractivity contribution >= 4 is 11.7 Å². The first-order valence-corrected chi connectivity index (χ1v) is 6.35. The van der Waals surface area contributed by atoms with Crippen LogP contribution in [-0.4, -0.2) is 23.7 Å². The second-order valence-corrected chi connectivity index (χ2v) is 5.02. The topological polar surface area (TPSA) is 40.5 Å². The molecular weight excluding hydrogens is 214 g/mol. The van der Waals surface area contributed by atoms with Crippen LogP contribution in [0.25, 0.3) is 0 Å². The lowest BCUT2D eigenvalue weighted by Crippen LogP contribution is -2.50. The lowest BCUT2D eigenvalue weighted by atomic mass is 9.82. The fourth-order valence-corrected chi connectivity index (χ4v) is 3.31. The number of carboxylic acids is 1. The number of piperidine rings is 1. The summed E-state index contributed by atoms with van der Waals surface area (Å²) in [5.74, 6) is -0.809. The summed E-state index contributed by atoms with van der Waals surface area (Å²) in [4.78, 5) is 13.6. The van der Waals surface area contributed by atoms with Gasteiger partial charge in [-0.3, -0.25) is 4.79 Å². The molecule has 1 fully saturated rings. The van der Waals surface area contributed by atoms with E-state index < -0.39 is 5.97 Å². The molecule has 2 atom stereocenters. The van der Waals surface area contributed by atoms with Gasteiger partial charge >= 0.3 is 5.97 Å². The summed E-state index contributed by atoms with van der Waals surface area (Å²) in [6, 6.07) is 8.61. The maximum Gasteiger partial charge on any atom is 0.308 e. The zero-order chi connectivity index (χ0) is 11.8. The summed E-state index contributed by atoms with van der Waals surface area (Å²) in [6.07, 6.45) is 3.82. The van der Waals surface area contributed by atoms with E-state index in [0.29, 0.717) is 0 Å². The van der Waals surface area contributed by atoms with Crippen LogP contribution in [0.2, 0.25) is 0 Å². The molecule has 3 nitrogen and oxygen atoms in total. The number of aryl methyl sites for hydroxylation is 1. The van der Waals surface area contributed by atoms with Gasteiger partial charge in [0.1, 0.15) is 0 Å². The van der Waals surface area contributed by atoms with Crippen molar-refractivity contribution in [1.82, 2.24) is 0 Å². The third kappa shape index (κ3) is 1.70. The standard InChI is InChI=1S/C14H17NO2/c16-14(17)11-5-3-9-15-12-6-2-1-4-10(12)7-8-13(11)15/h1-2,4,6,11,13H,3,5,7-9H2,(H,16,17). The van der Waals surface area contributed by atoms with Crippen molar-refractivity contribution in [3.63, 3.8) is 0 Å².